The summed E-state index contributed by atoms with van der Waals surface area (Å²) < 4.78 is 27.3. The molecule has 2 aliphatic heterocycles. The van der Waals surface area contributed by atoms with Crippen molar-refractivity contribution in [2.24, 2.45) is 0 Å². The number of rotatable bonds is 9. The maximum atomic E-state index is 13.1. The molecular formula is C27H28N4O6S2. The van der Waals surface area contributed by atoms with Gasteiger partial charge in [-0.15, -0.1) is 11.3 Å². The van der Waals surface area contributed by atoms with Gasteiger partial charge in [0, 0.05) is 36.1 Å². The fraction of sp³-hybridized carbons (Fsp3) is 0.333. The number of Topliss-reactive ketones (excluding diaryl/α,β-unsaturated/α-hetero) is 1. The molecule has 2 amide bonds. The van der Waals surface area contributed by atoms with Gasteiger partial charge in [-0.3, -0.25) is 19.2 Å². The van der Waals surface area contributed by atoms with Gasteiger partial charge in [0.05, 0.1) is 12.6 Å². The van der Waals surface area contributed by atoms with Crippen LogP contribution in [0.1, 0.15) is 36.0 Å². The highest BCUT2D eigenvalue weighted by Gasteiger charge is 2.53. The maximum Gasteiger partial charge on any atom is 0.268 e. The van der Waals surface area contributed by atoms with Crippen molar-refractivity contribution in [2.75, 3.05) is 19.6 Å². The van der Waals surface area contributed by atoms with Gasteiger partial charge < -0.3 is 15.2 Å². The molecule has 2 N–H and O–H groups in total. The molecule has 0 saturated carbocycles. The summed E-state index contributed by atoms with van der Waals surface area (Å²) >= 11 is 1.63. The molecule has 4 heterocycles. The van der Waals surface area contributed by atoms with Gasteiger partial charge in [-0.1, -0.05) is 18.2 Å². The van der Waals surface area contributed by atoms with E-state index in [4.69, 9.17) is 0 Å². The number of amides is 2. The van der Waals surface area contributed by atoms with Crippen molar-refractivity contribution in [3.63, 3.8) is 0 Å². The summed E-state index contributed by atoms with van der Waals surface area (Å²) in [6.07, 6.45) is 2.95. The van der Waals surface area contributed by atoms with Crippen LogP contribution in [0.2, 0.25) is 0 Å². The number of aromatic nitrogens is 1. The van der Waals surface area contributed by atoms with E-state index in [2.05, 4.69) is 10.3 Å². The van der Waals surface area contributed by atoms with Crippen LogP contribution >= 0.6 is 11.3 Å². The van der Waals surface area contributed by atoms with Gasteiger partial charge in [-0.25, -0.2) is 8.42 Å². The van der Waals surface area contributed by atoms with E-state index in [1.165, 1.54) is 23.2 Å². The minimum atomic E-state index is -4.18. The lowest BCUT2D eigenvalue weighted by Crippen LogP contribution is -2.44. The average molecular weight is 569 g/mol. The highest BCUT2D eigenvalue weighted by molar-refractivity contribution is 7.89. The number of thiophene rings is 1. The van der Waals surface area contributed by atoms with Gasteiger partial charge in [-0.05, 0) is 60.5 Å². The molecule has 2 unspecified atom stereocenters. The van der Waals surface area contributed by atoms with E-state index < -0.39 is 32.6 Å². The zero-order valence-electron chi connectivity index (χ0n) is 21.0. The number of sulfonamides is 1. The zero-order chi connectivity index (χ0) is 27.6. The Hall–Kier alpha value is -3.61. The third kappa shape index (κ3) is 5.45. The number of carbonyl (C=O) groups is 3. The second-order valence-corrected chi connectivity index (χ2v) is 12.3. The number of hydrogen-bond acceptors (Lipinski definition) is 7. The Morgan fingerprint density at radius 1 is 1.05 bits per heavy atom. The lowest BCUT2D eigenvalue weighted by atomic mass is 10.1. The summed E-state index contributed by atoms with van der Waals surface area (Å²) in [6, 6.07) is 12.5. The first-order valence-corrected chi connectivity index (χ1v) is 15.0. The predicted octanol–water partition coefficient (Wildman–Crippen LogP) is 2.25. The zero-order valence-corrected chi connectivity index (χ0v) is 22.7. The van der Waals surface area contributed by atoms with Gasteiger partial charge in [0.25, 0.3) is 11.5 Å². The summed E-state index contributed by atoms with van der Waals surface area (Å²) in [5.74, 6) is -0.751. The standard InChI is InChI=1S/C27H28N4O6S2/c32-21-17-31(39(36,37)23-6-3-14-29-27(23)35)20-12-15-30(25(20)21)24(33)7-1-2-13-28-26(34)19-10-8-18(9-11-19)22-5-4-16-38-22/h3-6,8-11,14,16,20,25H,1-2,7,12-13,15,17H2,(H,28,34)(H,29,35). The summed E-state index contributed by atoms with van der Waals surface area (Å²) in [6.45, 7) is 0.312. The molecule has 10 nitrogen and oxygen atoms in total. The largest absolute Gasteiger partial charge is 0.352 e. The van der Waals surface area contributed by atoms with Gasteiger partial charge in [0.1, 0.15) is 10.9 Å². The Bertz CT molecular complexity index is 1530. The molecule has 0 spiro atoms. The van der Waals surface area contributed by atoms with Crippen molar-refractivity contribution in [3.05, 3.63) is 76.0 Å². The molecule has 2 aliphatic rings. The number of unbranched alkanes of at least 4 members (excludes halogenated alkanes) is 1. The van der Waals surface area contributed by atoms with E-state index in [1.54, 1.807) is 23.5 Å². The normalized spacial score (nSPS) is 19.3. The van der Waals surface area contributed by atoms with E-state index in [0.717, 1.165) is 14.7 Å². The Kier molecular flexibility index (Phi) is 7.78. The number of fused-ring (bicyclic) bond motifs is 1. The molecule has 0 aliphatic carbocycles. The molecule has 5 rings (SSSR count). The number of likely N-dealkylation sites (tertiary alicyclic amines) is 1. The van der Waals surface area contributed by atoms with E-state index in [9.17, 15) is 27.6 Å². The lowest BCUT2D eigenvalue weighted by Gasteiger charge is -2.24. The molecule has 39 heavy (non-hydrogen) atoms. The fourth-order valence-electron chi connectivity index (χ4n) is 5.19. The minimum Gasteiger partial charge on any atom is -0.352 e. The van der Waals surface area contributed by atoms with Crippen LogP contribution < -0.4 is 10.9 Å². The first-order chi connectivity index (χ1) is 18.8. The van der Waals surface area contributed by atoms with E-state index in [-0.39, 0.29) is 37.1 Å². The lowest BCUT2D eigenvalue weighted by molar-refractivity contribution is -0.136. The summed E-state index contributed by atoms with van der Waals surface area (Å²) in [5.41, 5.74) is 0.868. The first kappa shape index (κ1) is 27.0. The molecule has 0 radical (unpaired) electrons. The third-order valence-corrected chi connectivity index (χ3v) is 9.94. The average Bonchev–Trinajstić information content (AvgIpc) is 3.68. The number of hydrogen-bond donors (Lipinski definition) is 2. The van der Waals surface area contributed by atoms with Crippen molar-refractivity contribution in [1.29, 1.82) is 0 Å². The van der Waals surface area contributed by atoms with E-state index >= 15 is 0 Å². The number of nitrogens with one attached hydrogen (secondary N) is 2. The van der Waals surface area contributed by atoms with Crippen molar-refractivity contribution < 1.29 is 22.8 Å². The smallest absolute Gasteiger partial charge is 0.268 e. The van der Waals surface area contributed by atoms with Crippen LogP contribution in [-0.2, 0) is 19.6 Å². The Morgan fingerprint density at radius 3 is 2.56 bits per heavy atom. The van der Waals surface area contributed by atoms with Crippen molar-refractivity contribution in [2.45, 2.75) is 42.7 Å². The summed E-state index contributed by atoms with van der Waals surface area (Å²) in [5, 5.41) is 4.87. The minimum absolute atomic E-state index is 0.184. The Morgan fingerprint density at radius 2 is 1.85 bits per heavy atom. The van der Waals surface area contributed by atoms with Gasteiger partial charge in [-0.2, -0.15) is 4.31 Å². The number of ketones is 1. The molecular weight excluding hydrogens is 540 g/mol. The first-order valence-electron chi connectivity index (χ1n) is 12.7. The van der Waals surface area contributed by atoms with Crippen molar-refractivity contribution in [3.8, 4) is 10.4 Å². The summed E-state index contributed by atoms with van der Waals surface area (Å²) in [7, 11) is -4.18. The van der Waals surface area contributed by atoms with Crippen LogP contribution in [0.4, 0.5) is 0 Å². The van der Waals surface area contributed by atoms with Crippen LogP contribution in [0.15, 0.2) is 69.8 Å². The van der Waals surface area contributed by atoms with Crippen LogP contribution in [0.3, 0.4) is 0 Å². The number of aromatic amines is 1. The second kappa shape index (κ2) is 11.2. The van der Waals surface area contributed by atoms with Crippen LogP contribution in [-0.4, -0.2) is 71.9 Å². The van der Waals surface area contributed by atoms with Crippen molar-refractivity contribution in [1.82, 2.24) is 19.5 Å². The number of pyridine rings is 1. The predicted molar refractivity (Wildman–Crippen MR) is 146 cm³/mol. The van der Waals surface area contributed by atoms with Gasteiger partial charge in [0.15, 0.2) is 5.78 Å². The Labute approximate surface area is 229 Å². The molecule has 3 aromatic rings. The molecule has 2 fully saturated rings. The third-order valence-electron chi connectivity index (χ3n) is 7.12. The van der Waals surface area contributed by atoms with Crippen molar-refractivity contribution >= 4 is 39.0 Å². The van der Waals surface area contributed by atoms with E-state index in [1.807, 2.05) is 29.6 Å². The number of benzene rings is 1. The molecule has 204 valence electrons. The topological polar surface area (TPSA) is 137 Å². The van der Waals surface area contributed by atoms with Crippen LogP contribution in [0.5, 0.6) is 0 Å². The monoisotopic (exact) mass is 568 g/mol. The highest BCUT2D eigenvalue weighted by Crippen LogP contribution is 2.33. The van der Waals surface area contributed by atoms with E-state index in [0.29, 0.717) is 31.4 Å². The number of H-pyrrole nitrogens is 1. The summed E-state index contributed by atoms with van der Waals surface area (Å²) in [4.78, 5) is 54.8. The SMILES string of the molecule is O=C(NCCCCC(=O)N1CCC2C1C(=O)CN2S(=O)(=O)c1ccc[nH]c1=O)c1ccc(-c2cccs2)cc1. The Balaban J connectivity index is 1.10. The molecule has 1 aromatic carbocycles. The van der Waals surface area contributed by atoms with Gasteiger partial charge >= 0.3 is 0 Å². The number of nitrogens with zero attached hydrogens (tertiary/aromatic N) is 2. The maximum absolute atomic E-state index is 13.1. The molecule has 0 bridgehead atoms. The fourth-order valence-corrected chi connectivity index (χ4v) is 7.59. The quantitative estimate of drug-likeness (QED) is 0.380. The van der Waals surface area contributed by atoms with Crippen LogP contribution in [0.25, 0.3) is 10.4 Å². The van der Waals surface area contributed by atoms with Gasteiger partial charge in [0.2, 0.25) is 15.9 Å². The molecule has 2 saturated heterocycles. The highest BCUT2D eigenvalue weighted by atomic mass is 32.2. The van der Waals surface area contributed by atoms with Crippen LogP contribution in [0, 0.1) is 0 Å². The second-order valence-electron chi connectivity index (χ2n) is 9.54. The number of carbonyl (C=O) groups excluding carboxylic acids is 3. The molecule has 2 atom stereocenters. The molecule has 2 aromatic heterocycles. The molecule has 12 heteroatoms.